The van der Waals surface area contributed by atoms with Crippen LogP contribution in [0, 0.1) is 0 Å². The van der Waals surface area contributed by atoms with Gasteiger partial charge < -0.3 is 26.4 Å². The summed E-state index contributed by atoms with van der Waals surface area (Å²) in [5.41, 5.74) is 5.29. The normalized spacial score (nSPS) is 13.8. The Morgan fingerprint density at radius 2 is 1.76 bits per heavy atom. The van der Waals surface area contributed by atoms with Gasteiger partial charge in [0.15, 0.2) is 0 Å². The third kappa shape index (κ3) is 7.25. The summed E-state index contributed by atoms with van der Waals surface area (Å²) in [5.74, 6) is -2.98. The zero-order valence-corrected chi connectivity index (χ0v) is 9.13. The number of nitrogens with one attached hydrogen (secondary N) is 1. The third-order valence-electron chi connectivity index (χ3n) is 2.00. The molecule has 98 valence electrons. The van der Waals surface area contributed by atoms with Crippen molar-refractivity contribution < 1.29 is 29.7 Å². The van der Waals surface area contributed by atoms with Gasteiger partial charge in [-0.15, -0.1) is 0 Å². The minimum Gasteiger partial charge on any atom is -0.481 e. The van der Waals surface area contributed by atoms with Gasteiger partial charge in [-0.1, -0.05) is 0 Å². The largest absolute Gasteiger partial charge is 0.481 e. The molecule has 0 heterocycles. The fourth-order valence-corrected chi connectivity index (χ4v) is 1.10. The van der Waals surface area contributed by atoms with Crippen molar-refractivity contribution in [3.8, 4) is 0 Å². The van der Waals surface area contributed by atoms with E-state index in [4.69, 9.17) is 21.1 Å². The second-order valence-corrected chi connectivity index (χ2v) is 3.52. The maximum Gasteiger partial charge on any atom is 0.305 e. The van der Waals surface area contributed by atoms with Crippen molar-refractivity contribution in [1.82, 2.24) is 5.32 Å². The summed E-state index contributed by atoms with van der Waals surface area (Å²) >= 11 is 0. The number of hydrogen-bond donors (Lipinski definition) is 5. The van der Waals surface area contributed by atoms with Crippen LogP contribution in [0.25, 0.3) is 0 Å². The minimum atomic E-state index is -1.22. The van der Waals surface area contributed by atoms with Gasteiger partial charge in [0.05, 0.1) is 25.1 Å². The van der Waals surface area contributed by atoms with Gasteiger partial charge in [0, 0.05) is 6.42 Å². The van der Waals surface area contributed by atoms with E-state index >= 15 is 0 Å². The van der Waals surface area contributed by atoms with E-state index in [2.05, 4.69) is 5.32 Å². The maximum absolute atomic E-state index is 11.3. The number of carboxylic acids is 2. The second kappa shape index (κ2) is 7.58. The molecule has 6 N–H and O–H groups in total. The number of carboxylic acid groups (broad SMARTS) is 2. The number of amides is 1. The van der Waals surface area contributed by atoms with Crippen LogP contribution in [0.15, 0.2) is 0 Å². The Morgan fingerprint density at radius 3 is 2.18 bits per heavy atom. The fraction of sp³-hybridized carbons (Fsp3) is 0.667. The Kier molecular flexibility index (Phi) is 6.83. The summed E-state index contributed by atoms with van der Waals surface area (Å²) in [7, 11) is 0. The molecule has 0 unspecified atom stereocenters. The molecule has 0 bridgehead atoms. The molecule has 1 amide bonds. The summed E-state index contributed by atoms with van der Waals surface area (Å²) in [6.07, 6.45) is -0.681. The van der Waals surface area contributed by atoms with Gasteiger partial charge in [-0.25, -0.2) is 0 Å². The van der Waals surface area contributed by atoms with E-state index in [0.717, 1.165) is 0 Å². The maximum atomic E-state index is 11.3. The molecule has 0 fully saturated rings. The zero-order valence-electron chi connectivity index (χ0n) is 9.13. The van der Waals surface area contributed by atoms with E-state index in [0.29, 0.717) is 0 Å². The molecule has 0 aliphatic rings. The van der Waals surface area contributed by atoms with Crippen LogP contribution in [0.5, 0.6) is 0 Å². The topological polar surface area (TPSA) is 150 Å². The van der Waals surface area contributed by atoms with E-state index in [1.165, 1.54) is 0 Å². The zero-order chi connectivity index (χ0) is 13.4. The molecular formula is C9H16N2O6. The van der Waals surface area contributed by atoms with Gasteiger partial charge in [-0.3, -0.25) is 14.4 Å². The number of rotatable bonds is 8. The van der Waals surface area contributed by atoms with Gasteiger partial charge in [0.25, 0.3) is 0 Å². The lowest BCUT2D eigenvalue weighted by molar-refractivity contribution is -0.139. The molecule has 0 aromatic rings. The lowest BCUT2D eigenvalue weighted by atomic mass is 10.1. The van der Waals surface area contributed by atoms with E-state index in [1.54, 1.807) is 0 Å². The molecule has 8 heteroatoms. The Balaban J connectivity index is 4.13. The van der Waals surface area contributed by atoms with Gasteiger partial charge in [0.2, 0.25) is 5.91 Å². The van der Waals surface area contributed by atoms with Crippen LogP contribution in [0.1, 0.15) is 19.3 Å². The number of aliphatic hydroxyl groups is 1. The summed E-state index contributed by atoms with van der Waals surface area (Å²) in [4.78, 5) is 31.9. The van der Waals surface area contributed by atoms with Crippen LogP contribution in [0.3, 0.4) is 0 Å². The van der Waals surface area contributed by atoms with Gasteiger partial charge in [0.1, 0.15) is 0 Å². The van der Waals surface area contributed by atoms with Crippen molar-refractivity contribution in [3.05, 3.63) is 0 Å². The smallest absolute Gasteiger partial charge is 0.305 e. The summed E-state index contributed by atoms with van der Waals surface area (Å²) in [5, 5.41) is 28.0. The number of aliphatic carboxylic acids is 2. The van der Waals surface area contributed by atoms with E-state index in [-0.39, 0.29) is 12.8 Å². The highest BCUT2D eigenvalue weighted by atomic mass is 16.4. The molecule has 0 aromatic heterocycles. The molecule has 0 spiro atoms. The number of carbonyl (C=O) groups is 3. The average Bonchev–Trinajstić information content (AvgIpc) is 2.22. The fourth-order valence-electron chi connectivity index (χ4n) is 1.10. The van der Waals surface area contributed by atoms with Gasteiger partial charge >= 0.3 is 11.9 Å². The molecule has 0 rings (SSSR count). The van der Waals surface area contributed by atoms with Crippen LogP contribution >= 0.6 is 0 Å². The molecule has 0 radical (unpaired) electrons. The van der Waals surface area contributed by atoms with Gasteiger partial charge in [-0.05, 0) is 6.42 Å². The van der Waals surface area contributed by atoms with Crippen LogP contribution in [0.2, 0.25) is 0 Å². The van der Waals surface area contributed by atoms with Crippen LogP contribution in [0.4, 0.5) is 0 Å². The highest BCUT2D eigenvalue weighted by Crippen LogP contribution is 1.98. The number of aliphatic hydroxyl groups excluding tert-OH is 1. The van der Waals surface area contributed by atoms with Crippen molar-refractivity contribution in [3.63, 3.8) is 0 Å². The number of carbonyl (C=O) groups excluding carboxylic acids is 1. The highest BCUT2D eigenvalue weighted by Gasteiger charge is 2.20. The van der Waals surface area contributed by atoms with Crippen molar-refractivity contribution in [1.29, 1.82) is 0 Å². The summed E-state index contributed by atoms with van der Waals surface area (Å²) < 4.78 is 0. The lowest BCUT2D eigenvalue weighted by Crippen LogP contribution is -2.47. The van der Waals surface area contributed by atoms with Crippen molar-refractivity contribution in [2.24, 2.45) is 5.73 Å². The first kappa shape index (κ1) is 15.3. The van der Waals surface area contributed by atoms with Crippen LogP contribution in [-0.4, -0.2) is 51.9 Å². The monoisotopic (exact) mass is 248 g/mol. The van der Waals surface area contributed by atoms with Crippen molar-refractivity contribution >= 4 is 17.8 Å². The lowest BCUT2D eigenvalue weighted by Gasteiger charge is -2.17. The molecule has 0 saturated carbocycles. The van der Waals surface area contributed by atoms with Crippen molar-refractivity contribution in [2.75, 3.05) is 6.61 Å². The Morgan fingerprint density at radius 1 is 1.18 bits per heavy atom. The quantitative estimate of drug-likeness (QED) is 0.337. The Labute approximate surface area is 97.4 Å². The summed E-state index contributed by atoms with van der Waals surface area (Å²) in [6.45, 7) is -0.432. The molecule has 2 atom stereocenters. The molecule has 0 aromatic carbocycles. The van der Waals surface area contributed by atoms with Gasteiger partial charge in [-0.2, -0.15) is 0 Å². The van der Waals surface area contributed by atoms with E-state index < -0.39 is 43.0 Å². The van der Waals surface area contributed by atoms with E-state index in [1.807, 2.05) is 0 Å². The summed E-state index contributed by atoms with van der Waals surface area (Å²) in [6, 6.07) is -1.95. The van der Waals surface area contributed by atoms with Crippen LogP contribution < -0.4 is 11.1 Å². The first-order valence-electron chi connectivity index (χ1n) is 4.97. The average molecular weight is 248 g/mol. The third-order valence-corrected chi connectivity index (χ3v) is 2.00. The molecule has 0 aliphatic carbocycles. The molecule has 0 saturated heterocycles. The standard InChI is InChI=1S/C9H16N2O6/c10-6(3-8(15)16)9(17)11-5(4-12)1-2-7(13)14/h5-6,12H,1-4,10H2,(H,11,17)(H,13,14)(H,15,16)/t5-,6-/m0/s1. The molecular weight excluding hydrogens is 232 g/mol. The molecule has 17 heavy (non-hydrogen) atoms. The Hall–Kier alpha value is -1.67. The van der Waals surface area contributed by atoms with Crippen molar-refractivity contribution in [2.45, 2.75) is 31.3 Å². The highest BCUT2D eigenvalue weighted by molar-refractivity contribution is 5.86. The van der Waals surface area contributed by atoms with Crippen LogP contribution in [-0.2, 0) is 14.4 Å². The predicted octanol–water partition coefficient (Wildman–Crippen LogP) is -1.87. The Bertz CT molecular complexity index is 293. The minimum absolute atomic E-state index is 0.0529. The van der Waals surface area contributed by atoms with E-state index in [9.17, 15) is 14.4 Å². The molecule has 8 nitrogen and oxygen atoms in total. The predicted molar refractivity (Wildman–Crippen MR) is 56.1 cm³/mol. The second-order valence-electron chi connectivity index (χ2n) is 3.52. The number of hydrogen-bond acceptors (Lipinski definition) is 5. The molecule has 0 aliphatic heterocycles. The number of nitrogens with two attached hydrogens (primary N) is 1. The first-order valence-corrected chi connectivity index (χ1v) is 4.97. The SMILES string of the molecule is N[C@@H](CC(=O)O)C(=O)N[C@H](CO)CCC(=O)O. The first-order chi connectivity index (χ1) is 7.86.